The maximum Gasteiger partial charge on any atom is 0.258 e. The zero-order chi connectivity index (χ0) is 13.9. The topological polar surface area (TPSA) is 54.2 Å². The van der Waals surface area contributed by atoms with Gasteiger partial charge >= 0.3 is 0 Å². The molecule has 0 aliphatic carbocycles. The van der Waals surface area contributed by atoms with Crippen molar-refractivity contribution in [3.8, 4) is 11.5 Å². The van der Waals surface area contributed by atoms with E-state index in [0.29, 0.717) is 10.9 Å². The van der Waals surface area contributed by atoms with Crippen molar-refractivity contribution in [3.05, 3.63) is 34.6 Å². The number of nitrogens with one attached hydrogen (secondary N) is 1. The first kappa shape index (κ1) is 13.5. The summed E-state index contributed by atoms with van der Waals surface area (Å²) in [6.45, 7) is 6.74. The Morgan fingerprint density at radius 2 is 2.15 bits per heavy atom. The van der Waals surface area contributed by atoms with E-state index in [1.807, 2.05) is 25.1 Å². The van der Waals surface area contributed by atoms with Crippen LogP contribution in [0.3, 0.4) is 0 Å². The van der Waals surface area contributed by atoms with Crippen molar-refractivity contribution in [2.24, 2.45) is 0 Å². The van der Waals surface area contributed by atoms with E-state index in [0.717, 1.165) is 49.7 Å². The smallest absolute Gasteiger partial charge is 0.258 e. The van der Waals surface area contributed by atoms with Crippen molar-refractivity contribution < 1.29 is 4.52 Å². The van der Waals surface area contributed by atoms with E-state index in [1.165, 1.54) is 0 Å². The van der Waals surface area contributed by atoms with Gasteiger partial charge in [-0.2, -0.15) is 4.98 Å². The second kappa shape index (κ2) is 5.91. The molecule has 0 atom stereocenters. The molecule has 3 rings (SSSR count). The summed E-state index contributed by atoms with van der Waals surface area (Å²) in [5, 5.41) is 8.10. The summed E-state index contributed by atoms with van der Waals surface area (Å²) >= 11 is 6.12. The Hall–Kier alpha value is -1.43. The van der Waals surface area contributed by atoms with Crippen LogP contribution in [0.25, 0.3) is 11.5 Å². The molecule has 1 aromatic heterocycles. The molecule has 0 spiro atoms. The molecule has 0 unspecified atom stereocenters. The van der Waals surface area contributed by atoms with Crippen LogP contribution >= 0.6 is 11.6 Å². The molecular formula is C14H17ClN4O. The molecule has 1 N–H and O–H groups in total. The van der Waals surface area contributed by atoms with Gasteiger partial charge in [0, 0.05) is 36.8 Å². The van der Waals surface area contributed by atoms with Crippen LogP contribution in [0.5, 0.6) is 0 Å². The molecule has 106 valence electrons. The van der Waals surface area contributed by atoms with Gasteiger partial charge < -0.3 is 9.84 Å². The molecule has 1 aromatic carbocycles. The highest BCUT2D eigenvalue weighted by Crippen LogP contribution is 2.27. The highest BCUT2D eigenvalue weighted by Gasteiger charge is 2.16. The fourth-order valence-electron chi connectivity index (χ4n) is 2.34. The summed E-state index contributed by atoms with van der Waals surface area (Å²) in [4.78, 5) is 6.79. The van der Waals surface area contributed by atoms with Gasteiger partial charge in [-0.05, 0) is 24.6 Å². The zero-order valence-electron chi connectivity index (χ0n) is 11.4. The van der Waals surface area contributed by atoms with Gasteiger partial charge in [-0.25, -0.2) is 0 Å². The molecule has 6 heteroatoms. The number of rotatable bonds is 3. The SMILES string of the molecule is Cc1c(Cl)cccc1-c1nc(CN2CCNCC2)no1. The van der Waals surface area contributed by atoms with Gasteiger partial charge in [0.15, 0.2) is 5.82 Å². The molecule has 5 nitrogen and oxygen atoms in total. The van der Waals surface area contributed by atoms with Gasteiger partial charge in [-0.15, -0.1) is 0 Å². The zero-order valence-corrected chi connectivity index (χ0v) is 12.2. The van der Waals surface area contributed by atoms with E-state index in [1.54, 1.807) is 0 Å². The summed E-state index contributed by atoms with van der Waals surface area (Å²) in [6, 6.07) is 5.70. The Bertz CT molecular complexity index is 593. The molecule has 0 bridgehead atoms. The third-order valence-corrected chi connectivity index (χ3v) is 3.95. The summed E-state index contributed by atoms with van der Waals surface area (Å²) in [6.07, 6.45) is 0. The van der Waals surface area contributed by atoms with Gasteiger partial charge in [0.2, 0.25) is 0 Å². The molecule has 1 saturated heterocycles. The molecule has 0 radical (unpaired) electrons. The van der Waals surface area contributed by atoms with Crippen LogP contribution in [-0.2, 0) is 6.54 Å². The van der Waals surface area contributed by atoms with Crippen molar-refractivity contribution in [2.75, 3.05) is 26.2 Å². The van der Waals surface area contributed by atoms with E-state index in [-0.39, 0.29) is 0 Å². The molecule has 0 amide bonds. The average molecular weight is 293 g/mol. The fraction of sp³-hybridized carbons (Fsp3) is 0.429. The van der Waals surface area contributed by atoms with Crippen molar-refractivity contribution >= 4 is 11.6 Å². The predicted molar refractivity (Wildman–Crippen MR) is 77.6 cm³/mol. The minimum absolute atomic E-state index is 0.537. The lowest BCUT2D eigenvalue weighted by Crippen LogP contribution is -2.43. The molecule has 1 aliphatic rings. The second-order valence-electron chi connectivity index (χ2n) is 4.95. The monoisotopic (exact) mass is 292 g/mol. The van der Waals surface area contributed by atoms with E-state index < -0.39 is 0 Å². The van der Waals surface area contributed by atoms with Crippen LogP contribution in [0.2, 0.25) is 5.02 Å². The Morgan fingerprint density at radius 1 is 1.35 bits per heavy atom. The summed E-state index contributed by atoms with van der Waals surface area (Å²) in [5.41, 5.74) is 1.86. The summed E-state index contributed by atoms with van der Waals surface area (Å²) in [5.74, 6) is 1.26. The van der Waals surface area contributed by atoms with Gasteiger partial charge in [-0.3, -0.25) is 4.90 Å². The predicted octanol–water partition coefficient (Wildman–Crippen LogP) is 2.10. The van der Waals surface area contributed by atoms with Crippen LogP contribution in [0, 0.1) is 6.92 Å². The Labute approximate surface area is 122 Å². The molecule has 2 heterocycles. The lowest BCUT2D eigenvalue weighted by molar-refractivity contribution is 0.225. The highest BCUT2D eigenvalue weighted by atomic mass is 35.5. The summed E-state index contributed by atoms with van der Waals surface area (Å²) in [7, 11) is 0. The highest BCUT2D eigenvalue weighted by molar-refractivity contribution is 6.31. The third kappa shape index (κ3) is 2.85. The van der Waals surface area contributed by atoms with E-state index in [4.69, 9.17) is 16.1 Å². The second-order valence-corrected chi connectivity index (χ2v) is 5.36. The molecule has 0 saturated carbocycles. The number of aromatic nitrogens is 2. The van der Waals surface area contributed by atoms with Gasteiger partial charge in [-0.1, -0.05) is 22.8 Å². The number of hydrogen-bond acceptors (Lipinski definition) is 5. The van der Waals surface area contributed by atoms with Crippen molar-refractivity contribution in [2.45, 2.75) is 13.5 Å². The normalized spacial score (nSPS) is 16.5. The number of piperazine rings is 1. The first-order valence-electron chi connectivity index (χ1n) is 6.75. The van der Waals surface area contributed by atoms with Crippen molar-refractivity contribution in [1.82, 2.24) is 20.4 Å². The first-order valence-corrected chi connectivity index (χ1v) is 7.13. The number of nitrogens with zero attached hydrogens (tertiary/aromatic N) is 3. The number of hydrogen-bond donors (Lipinski definition) is 1. The summed E-state index contributed by atoms with van der Waals surface area (Å²) < 4.78 is 5.37. The third-order valence-electron chi connectivity index (χ3n) is 3.54. The maximum atomic E-state index is 6.12. The van der Waals surface area contributed by atoms with Gasteiger partial charge in [0.25, 0.3) is 5.89 Å². The van der Waals surface area contributed by atoms with Gasteiger partial charge in [0.1, 0.15) is 0 Å². The maximum absolute atomic E-state index is 6.12. The Kier molecular flexibility index (Phi) is 4.00. The van der Waals surface area contributed by atoms with Crippen LogP contribution in [0.4, 0.5) is 0 Å². The fourth-order valence-corrected chi connectivity index (χ4v) is 2.51. The van der Waals surface area contributed by atoms with Crippen LogP contribution < -0.4 is 5.32 Å². The average Bonchev–Trinajstić information content (AvgIpc) is 2.91. The van der Waals surface area contributed by atoms with Crippen LogP contribution in [0.1, 0.15) is 11.4 Å². The van der Waals surface area contributed by atoms with E-state index in [9.17, 15) is 0 Å². The van der Waals surface area contributed by atoms with Crippen LogP contribution in [0.15, 0.2) is 22.7 Å². The van der Waals surface area contributed by atoms with E-state index in [2.05, 4.69) is 20.4 Å². The molecular weight excluding hydrogens is 276 g/mol. The first-order chi connectivity index (χ1) is 9.74. The lowest BCUT2D eigenvalue weighted by Gasteiger charge is -2.25. The number of benzene rings is 1. The Balaban J connectivity index is 1.77. The van der Waals surface area contributed by atoms with E-state index >= 15 is 0 Å². The minimum atomic E-state index is 0.537. The quantitative estimate of drug-likeness (QED) is 0.939. The molecule has 2 aromatic rings. The largest absolute Gasteiger partial charge is 0.334 e. The standard InChI is InChI=1S/C14H17ClN4O/c1-10-11(3-2-4-12(10)15)14-17-13(18-20-14)9-19-7-5-16-6-8-19/h2-4,16H,5-9H2,1H3. The Morgan fingerprint density at radius 3 is 2.95 bits per heavy atom. The molecule has 20 heavy (non-hydrogen) atoms. The number of halogens is 1. The lowest BCUT2D eigenvalue weighted by atomic mass is 10.1. The van der Waals surface area contributed by atoms with Crippen molar-refractivity contribution in [1.29, 1.82) is 0 Å². The van der Waals surface area contributed by atoms with Crippen molar-refractivity contribution in [3.63, 3.8) is 0 Å². The molecule has 1 aliphatic heterocycles. The van der Waals surface area contributed by atoms with Crippen LogP contribution in [-0.4, -0.2) is 41.2 Å². The van der Waals surface area contributed by atoms with Gasteiger partial charge in [0.05, 0.1) is 6.54 Å². The molecule has 1 fully saturated rings. The minimum Gasteiger partial charge on any atom is -0.334 e.